The van der Waals surface area contributed by atoms with Crippen molar-refractivity contribution in [2.24, 2.45) is 11.7 Å². The lowest BCUT2D eigenvalue weighted by Gasteiger charge is -2.13. The fourth-order valence-corrected chi connectivity index (χ4v) is 2.33. The van der Waals surface area contributed by atoms with Crippen molar-refractivity contribution in [1.82, 2.24) is 14.6 Å². The normalized spacial score (nSPS) is 17.4. The highest BCUT2D eigenvalue weighted by Gasteiger charge is 2.28. The van der Waals surface area contributed by atoms with Gasteiger partial charge in [-0.1, -0.05) is 20.8 Å². The fraction of sp³-hybridized carbons (Fsp3) is 0.600. The molecule has 3 N–H and O–H groups in total. The number of nitrogens with one attached hydrogen (secondary N) is 1. The summed E-state index contributed by atoms with van der Waals surface area (Å²) in [7, 11) is 0. The zero-order chi connectivity index (χ0) is 14.3. The average Bonchev–Trinajstić information content (AvgIpc) is 3.13. The highest BCUT2D eigenvalue weighted by atomic mass is 15.2. The molecule has 2 aromatic rings. The van der Waals surface area contributed by atoms with Crippen molar-refractivity contribution >= 4 is 11.3 Å². The Hall–Kier alpha value is -1.62. The molecule has 1 aliphatic carbocycles. The van der Waals surface area contributed by atoms with Gasteiger partial charge in [-0.2, -0.15) is 5.10 Å². The predicted molar refractivity (Wildman–Crippen MR) is 80.9 cm³/mol. The first kappa shape index (κ1) is 13.4. The summed E-state index contributed by atoms with van der Waals surface area (Å²) in [6.45, 7) is 7.27. The van der Waals surface area contributed by atoms with Crippen LogP contribution in [-0.4, -0.2) is 27.2 Å². The number of hydrogen-bond donors (Lipinski definition) is 2. The molecule has 0 saturated heterocycles. The second-order valence-electron chi connectivity index (χ2n) is 6.77. The van der Waals surface area contributed by atoms with E-state index in [0.29, 0.717) is 5.92 Å². The number of rotatable bonds is 4. The summed E-state index contributed by atoms with van der Waals surface area (Å²) in [6, 6.07) is 2.33. The average molecular weight is 273 g/mol. The Kier molecular flexibility index (Phi) is 3.17. The second-order valence-corrected chi connectivity index (χ2v) is 6.77. The van der Waals surface area contributed by atoms with Crippen molar-refractivity contribution in [2.45, 2.75) is 45.1 Å². The minimum Gasteiger partial charge on any atom is -0.367 e. The summed E-state index contributed by atoms with van der Waals surface area (Å²) in [5, 5.41) is 8.00. The van der Waals surface area contributed by atoms with E-state index in [1.165, 1.54) is 12.8 Å². The van der Waals surface area contributed by atoms with Crippen LogP contribution in [0.4, 0.5) is 5.82 Å². The van der Waals surface area contributed by atoms with Gasteiger partial charge in [-0.3, -0.25) is 0 Å². The number of fused-ring (bicyclic) bond motifs is 1. The molecule has 0 amide bonds. The largest absolute Gasteiger partial charge is 0.367 e. The molecule has 1 fully saturated rings. The number of anilines is 1. The molecule has 0 bridgehead atoms. The Morgan fingerprint density at radius 2 is 2.20 bits per heavy atom. The van der Waals surface area contributed by atoms with Gasteiger partial charge in [0.05, 0.1) is 5.69 Å². The molecule has 20 heavy (non-hydrogen) atoms. The molecule has 0 spiro atoms. The number of nitrogens with zero attached hydrogens (tertiary/aromatic N) is 3. The van der Waals surface area contributed by atoms with E-state index in [1.807, 2.05) is 10.7 Å². The van der Waals surface area contributed by atoms with Crippen LogP contribution < -0.4 is 11.1 Å². The minimum atomic E-state index is 0.0354. The molecule has 5 heteroatoms. The molecular weight excluding hydrogens is 250 g/mol. The van der Waals surface area contributed by atoms with E-state index in [2.05, 4.69) is 42.2 Å². The first-order chi connectivity index (χ1) is 9.45. The Labute approximate surface area is 119 Å². The first-order valence-corrected chi connectivity index (χ1v) is 7.29. The van der Waals surface area contributed by atoms with Gasteiger partial charge in [0.1, 0.15) is 5.52 Å². The van der Waals surface area contributed by atoms with Gasteiger partial charge in [-0.25, -0.2) is 9.50 Å². The van der Waals surface area contributed by atoms with Crippen molar-refractivity contribution in [2.75, 3.05) is 11.9 Å². The third-order valence-corrected chi connectivity index (χ3v) is 3.89. The van der Waals surface area contributed by atoms with E-state index >= 15 is 0 Å². The van der Waals surface area contributed by atoms with E-state index in [-0.39, 0.29) is 11.5 Å². The maximum Gasteiger partial charge on any atom is 0.152 e. The van der Waals surface area contributed by atoms with Crippen LogP contribution in [0.3, 0.4) is 0 Å². The maximum atomic E-state index is 6.13. The molecule has 2 heterocycles. The van der Waals surface area contributed by atoms with Crippen molar-refractivity contribution in [3.8, 4) is 0 Å². The summed E-state index contributed by atoms with van der Waals surface area (Å²) in [5.74, 6) is 1.56. The summed E-state index contributed by atoms with van der Waals surface area (Å²) >= 11 is 0. The maximum absolute atomic E-state index is 6.13. The van der Waals surface area contributed by atoms with Gasteiger partial charge in [0.25, 0.3) is 0 Å². The first-order valence-electron chi connectivity index (χ1n) is 7.29. The van der Waals surface area contributed by atoms with Gasteiger partial charge in [0.2, 0.25) is 0 Å². The molecule has 3 rings (SSSR count). The van der Waals surface area contributed by atoms with Crippen LogP contribution in [-0.2, 0) is 5.41 Å². The SMILES string of the molecule is CC(C)(C)c1cc2c(NCC(N)C3CC3)nccn2n1. The second kappa shape index (κ2) is 4.74. The fourth-order valence-electron chi connectivity index (χ4n) is 2.33. The molecule has 5 nitrogen and oxygen atoms in total. The minimum absolute atomic E-state index is 0.0354. The van der Waals surface area contributed by atoms with E-state index in [9.17, 15) is 0 Å². The van der Waals surface area contributed by atoms with E-state index in [0.717, 1.165) is 23.6 Å². The van der Waals surface area contributed by atoms with Gasteiger partial charge in [-0.05, 0) is 24.8 Å². The Morgan fingerprint density at radius 3 is 2.85 bits per heavy atom. The molecule has 0 radical (unpaired) electrons. The van der Waals surface area contributed by atoms with Crippen LogP contribution >= 0.6 is 0 Å². The van der Waals surface area contributed by atoms with Crippen LogP contribution in [0.5, 0.6) is 0 Å². The quantitative estimate of drug-likeness (QED) is 0.896. The lowest BCUT2D eigenvalue weighted by molar-refractivity contribution is 0.562. The molecule has 108 valence electrons. The third kappa shape index (κ3) is 2.63. The summed E-state index contributed by atoms with van der Waals surface area (Å²) in [4.78, 5) is 4.43. The van der Waals surface area contributed by atoms with Crippen LogP contribution in [0.15, 0.2) is 18.5 Å². The van der Waals surface area contributed by atoms with Gasteiger partial charge in [-0.15, -0.1) is 0 Å². The number of aromatic nitrogens is 3. The molecule has 0 aliphatic heterocycles. The van der Waals surface area contributed by atoms with E-state index in [1.54, 1.807) is 6.20 Å². The molecule has 2 aromatic heterocycles. The lowest BCUT2D eigenvalue weighted by Crippen LogP contribution is -2.31. The Morgan fingerprint density at radius 1 is 1.45 bits per heavy atom. The van der Waals surface area contributed by atoms with Crippen molar-refractivity contribution in [3.63, 3.8) is 0 Å². The van der Waals surface area contributed by atoms with Gasteiger partial charge in [0.15, 0.2) is 5.82 Å². The zero-order valence-electron chi connectivity index (χ0n) is 12.4. The Balaban J connectivity index is 1.84. The van der Waals surface area contributed by atoms with E-state index in [4.69, 9.17) is 5.73 Å². The topological polar surface area (TPSA) is 68.2 Å². The molecular formula is C15H23N5. The van der Waals surface area contributed by atoms with Crippen LogP contribution in [0.1, 0.15) is 39.3 Å². The monoisotopic (exact) mass is 273 g/mol. The molecule has 1 aliphatic rings. The number of hydrogen-bond acceptors (Lipinski definition) is 4. The highest BCUT2D eigenvalue weighted by molar-refractivity contribution is 5.68. The Bertz CT molecular complexity index is 606. The highest BCUT2D eigenvalue weighted by Crippen LogP contribution is 2.31. The molecule has 1 saturated carbocycles. The summed E-state index contributed by atoms with van der Waals surface area (Å²) in [5.41, 5.74) is 8.25. The van der Waals surface area contributed by atoms with Gasteiger partial charge < -0.3 is 11.1 Å². The van der Waals surface area contributed by atoms with Crippen molar-refractivity contribution < 1.29 is 0 Å². The third-order valence-electron chi connectivity index (χ3n) is 3.89. The molecule has 0 aromatic carbocycles. The zero-order valence-corrected chi connectivity index (χ0v) is 12.4. The lowest BCUT2D eigenvalue weighted by atomic mass is 9.92. The molecule has 1 atom stereocenters. The van der Waals surface area contributed by atoms with Gasteiger partial charge in [0, 0.05) is 30.4 Å². The summed E-state index contributed by atoms with van der Waals surface area (Å²) in [6.07, 6.45) is 6.19. The van der Waals surface area contributed by atoms with Crippen LogP contribution in [0.25, 0.3) is 5.52 Å². The summed E-state index contributed by atoms with van der Waals surface area (Å²) < 4.78 is 1.89. The predicted octanol–water partition coefficient (Wildman–Crippen LogP) is 2.18. The molecule has 1 unspecified atom stereocenters. The number of nitrogens with two attached hydrogens (primary N) is 1. The van der Waals surface area contributed by atoms with Crippen molar-refractivity contribution in [3.05, 3.63) is 24.2 Å². The standard InChI is InChI=1S/C15H23N5/c1-15(2,3)13-8-12-14(17-6-7-20(12)19-13)18-9-11(16)10-4-5-10/h6-8,10-11H,4-5,9,16H2,1-3H3,(H,17,18). The van der Waals surface area contributed by atoms with Crippen molar-refractivity contribution in [1.29, 1.82) is 0 Å². The van der Waals surface area contributed by atoms with Crippen LogP contribution in [0.2, 0.25) is 0 Å². The smallest absolute Gasteiger partial charge is 0.152 e. The van der Waals surface area contributed by atoms with Crippen LogP contribution in [0, 0.1) is 5.92 Å². The van der Waals surface area contributed by atoms with Gasteiger partial charge >= 0.3 is 0 Å². The van der Waals surface area contributed by atoms with E-state index < -0.39 is 0 Å².